The van der Waals surface area contributed by atoms with Gasteiger partial charge in [0.15, 0.2) is 5.82 Å². The average molecular weight is 1120 g/mol. The van der Waals surface area contributed by atoms with E-state index in [4.69, 9.17) is 26.3 Å². The van der Waals surface area contributed by atoms with Crippen LogP contribution in [0.5, 0.6) is 17.5 Å². The predicted octanol–water partition coefficient (Wildman–Crippen LogP) is 5.94. The lowest BCUT2D eigenvalue weighted by Gasteiger charge is -2.42. The Labute approximate surface area is 475 Å². The number of aromatic nitrogens is 5. The van der Waals surface area contributed by atoms with E-state index in [0.29, 0.717) is 113 Å². The summed E-state index contributed by atoms with van der Waals surface area (Å²) in [5.41, 5.74) is 4.94. The smallest absolute Gasteiger partial charge is 0.348 e. The Bertz CT molecular complexity index is 3450. The molecule has 4 saturated heterocycles. The van der Waals surface area contributed by atoms with Gasteiger partial charge in [-0.1, -0.05) is 54.6 Å². The van der Waals surface area contributed by atoms with E-state index in [-0.39, 0.29) is 77.4 Å². The summed E-state index contributed by atoms with van der Waals surface area (Å²) >= 11 is 6.81. The lowest BCUT2D eigenvalue weighted by atomic mass is 9.91. The van der Waals surface area contributed by atoms with E-state index < -0.39 is 5.69 Å². The summed E-state index contributed by atoms with van der Waals surface area (Å²) in [7, 11) is 2.04. The van der Waals surface area contributed by atoms with E-state index >= 15 is 0 Å². The summed E-state index contributed by atoms with van der Waals surface area (Å²) in [5.74, 6) is 0.501. The second-order valence-corrected chi connectivity index (χ2v) is 22.7. The first kappa shape index (κ1) is 54.9. The van der Waals surface area contributed by atoms with Crippen LogP contribution in [0, 0.1) is 30.1 Å². The molecule has 4 N–H and O–H groups in total. The van der Waals surface area contributed by atoms with Crippen molar-refractivity contribution >= 4 is 51.6 Å². The molecule has 3 atom stereocenters. The van der Waals surface area contributed by atoms with Crippen molar-refractivity contribution in [3.8, 4) is 40.7 Å². The van der Waals surface area contributed by atoms with E-state index in [9.17, 15) is 34.7 Å². The molecule has 422 valence electrons. The van der Waals surface area contributed by atoms with Crippen LogP contribution in [0.1, 0.15) is 60.9 Å². The number of piperidine rings is 2. The number of hydrogen-bond acceptors (Lipinski definition) is 15. The number of aromatic hydroxyl groups is 2. The fraction of sp³-hybridized carbons (Fsp3) is 0.433. The van der Waals surface area contributed by atoms with Crippen LogP contribution in [0.4, 0.5) is 11.5 Å². The fourth-order valence-corrected chi connectivity index (χ4v) is 12.9. The SMILES string of the molecule is C=CC(=O)N1CCN(c2nc(OC[C@@H]3C[C@H](NC(=O)C4CCN(C(=O)C5CCN(Cc6ccc(-n7c(-c8cc(C)c(O)cc8O)n[nH]c7=O)cc6)CC5)CC4)CN3C)nc3c2CCN(c2cccc4cccc(Cl)c24)C3)C[C@@H]1CC#N. The Morgan fingerprint density at radius 1 is 0.901 bits per heavy atom. The Kier molecular flexibility index (Phi) is 16.0. The standard InChI is InChI=1S/C60H68ClN13O7/c1-4-53(77)73-28-27-72(34-44(73)15-21-62)55-46-20-26-71(50-10-6-8-39-7-5-9-48(61)54(39)50)35-49(46)64-59(65-55)81-36-45-30-42(33-68(45)3)63-57(78)40-18-24-70(25-19-40)58(79)41-16-22-69(23-17-41)32-38-11-13-43(14-12-38)74-56(66-67-60(74)80)47-29-37(2)51(75)31-52(47)76/h4-14,29,31,40-42,44-45,75-76H,1,15-20,22-28,30,32-36H2,2-3H3,(H,63,78)(H,67,80)/t42-,44-,45-/m0/s1. The van der Waals surface area contributed by atoms with E-state index in [0.717, 1.165) is 65.0 Å². The van der Waals surface area contributed by atoms with Gasteiger partial charge >= 0.3 is 11.7 Å². The summed E-state index contributed by atoms with van der Waals surface area (Å²) in [6.45, 7) is 12.3. The summed E-state index contributed by atoms with van der Waals surface area (Å²) < 4.78 is 7.92. The summed E-state index contributed by atoms with van der Waals surface area (Å²) in [6, 6.07) is 24.7. The molecule has 20 nitrogen and oxygen atoms in total. The second-order valence-electron chi connectivity index (χ2n) is 22.2. The highest BCUT2D eigenvalue weighted by molar-refractivity contribution is 6.36. The molecular weight excluding hydrogens is 1050 g/mol. The highest BCUT2D eigenvalue weighted by Crippen LogP contribution is 2.39. The number of benzene rings is 4. The Morgan fingerprint density at radius 3 is 2.41 bits per heavy atom. The number of H-pyrrole nitrogens is 1. The molecule has 0 aliphatic carbocycles. The Hall–Kier alpha value is -7.99. The van der Waals surface area contributed by atoms with Gasteiger partial charge < -0.3 is 39.9 Å². The number of likely N-dealkylation sites (tertiary alicyclic amines) is 3. The molecule has 2 aromatic heterocycles. The van der Waals surface area contributed by atoms with Crippen molar-refractivity contribution < 1.29 is 29.3 Å². The number of halogens is 1. The van der Waals surface area contributed by atoms with Crippen LogP contribution < -0.4 is 25.5 Å². The number of carbonyl (C=O) groups excluding carboxylic acids is 3. The van der Waals surface area contributed by atoms with Gasteiger partial charge in [0.05, 0.1) is 47.0 Å². The number of nitrogens with one attached hydrogen (secondary N) is 2. The van der Waals surface area contributed by atoms with Crippen LogP contribution in [0.25, 0.3) is 27.8 Å². The number of nitriles is 1. The van der Waals surface area contributed by atoms with E-state index in [1.54, 1.807) is 17.9 Å². The molecule has 4 fully saturated rings. The van der Waals surface area contributed by atoms with Crippen LogP contribution in [-0.2, 0) is 33.9 Å². The summed E-state index contributed by atoms with van der Waals surface area (Å²) in [4.78, 5) is 76.1. The van der Waals surface area contributed by atoms with Crippen molar-refractivity contribution in [2.24, 2.45) is 11.8 Å². The number of phenols is 2. The van der Waals surface area contributed by atoms with Crippen LogP contribution in [0.2, 0.25) is 5.02 Å². The summed E-state index contributed by atoms with van der Waals surface area (Å²) in [5, 5.41) is 43.0. The van der Waals surface area contributed by atoms with Crippen LogP contribution in [-0.4, -0.2) is 163 Å². The number of aromatic amines is 1. The number of carbonyl (C=O) groups is 3. The molecule has 21 heteroatoms. The van der Waals surface area contributed by atoms with Crippen molar-refractivity contribution in [1.82, 2.24) is 49.6 Å². The Balaban J connectivity index is 0.667. The molecule has 7 heterocycles. The molecule has 4 aromatic carbocycles. The number of phenolic OH excluding ortho intramolecular Hbond substituents is 2. The van der Waals surface area contributed by atoms with Crippen LogP contribution >= 0.6 is 11.6 Å². The molecule has 0 saturated carbocycles. The summed E-state index contributed by atoms with van der Waals surface area (Å²) in [6.07, 6.45) is 5.57. The first-order valence-corrected chi connectivity index (χ1v) is 28.4. The molecule has 0 radical (unpaired) electrons. The maximum absolute atomic E-state index is 13.8. The first-order valence-electron chi connectivity index (χ1n) is 28.0. The molecule has 81 heavy (non-hydrogen) atoms. The maximum Gasteiger partial charge on any atom is 0.348 e. The van der Waals surface area contributed by atoms with Crippen LogP contribution in [0.15, 0.2) is 90.2 Å². The number of amides is 3. The van der Waals surface area contributed by atoms with Crippen molar-refractivity contribution in [3.05, 3.63) is 123 Å². The van der Waals surface area contributed by atoms with E-state index in [1.165, 1.54) is 16.7 Å². The van der Waals surface area contributed by atoms with Crippen molar-refractivity contribution in [1.29, 1.82) is 5.26 Å². The number of fused-ring (bicyclic) bond motifs is 2. The van der Waals surface area contributed by atoms with Crippen molar-refractivity contribution in [2.45, 2.75) is 83.1 Å². The molecule has 0 bridgehead atoms. The van der Waals surface area contributed by atoms with Crippen molar-refractivity contribution in [2.75, 3.05) is 82.4 Å². The van der Waals surface area contributed by atoms with Crippen LogP contribution in [0.3, 0.4) is 0 Å². The fourth-order valence-electron chi connectivity index (χ4n) is 12.6. The molecule has 6 aromatic rings. The van der Waals surface area contributed by atoms with E-state index in [1.807, 2.05) is 54.4 Å². The van der Waals surface area contributed by atoms with Gasteiger partial charge in [-0.15, -0.1) is 0 Å². The molecule has 5 aliphatic rings. The molecule has 0 unspecified atom stereocenters. The van der Waals surface area contributed by atoms with Gasteiger partial charge in [0, 0.05) is 99.0 Å². The molecule has 3 amide bonds. The molecular formula is C60H68ClN13O7. The third kappa shape index (κ3) is 11.5. The van der Waals surface area contributed by atoms with Gasteiger partial charge in [-0.2, -0.15) is 20.3 Å². The minimum absolute atomic E-state index is 0.0132. The van der Waals surface area contributed by atoms with Gasteiger partial charge in [0.1, 0.15) is 23.9 Å². The van der Waals surface area contributed by atoms with Gasteiger partial charge in [-0.3, -0.25) is 24.2 Å². The molecule has 11 rings (SSSR count). The highest BCUT2D eigenvalue weighted by Gasteiger charge is 2.38. The normalized spacial score (nSPS) is 20.3. The topological polar surface area (TPSA) is 233 Å². The lowest BCUT2D eigenvalue weighted by Crippen LogP contribution is -2.55. The zero-order valence-corrected chi connectivity index (χ0v) is 46.5. The van der Waals surface area contributed by atoms with Gasteiger partial charge in [-0.05, 0) is 119 Å². The highest BCUT2D eigenvalue weighted by atomic mass is 35.5. The molecule has 0 spiro atoms. The number of piperazine rings is 1. The second kappa shape index (κ2) is 23.6. The van der Waals surface area contributed by atoms with Gasteiger partial charge in [0.2, 0.25) is 17.7 Å². The zero-order chi connectivity index (χ0) is 56.5. The first-order chi connectivity index (χ1) is 39.2. The number of hydrogen-bond donors (Lipinski definition) is 4. The largest absolute Gasteiger partial charge is 0.508 e. The number of ether oxygens (including phenoxy) is 1. The minimum atomic E-state index is -0.454. The number of nitrogens with zero attached hydrogens (tertiary/aromatic N) is 11. The van der Waals surface area contributed by atoms with E-state index in [2.05, 4.69) is 66.0 Å². The minimum Gasteiger partial charge on any atom is -0.508 e. The maximum atomic E-state index is 13.8. The lowest BCUT2D eigenvalue weighted by molar-refractivity contribution is -0.140. The predicted molar refractivity (Wildman–Crippen MR) is 307 cm³/mol. The third-order valence-electron chi connectivity index (χ3n) is 17.1. The zero-order valence-electron chi connectivity index (χ0n) is 45.8. The van der Waals surface area contributed by atoms with Crippen molar-refractivity contribution in [3.63, 3.8) is 0 Å². The number of likely N-dealkylation sites (N-methyl/N-ethyl adjacent to an activating group) is 1. The number of rotatable bonds is 14. The average Bonchev–Trinajstić information content (AvgIpc) is 4.10. The Morgan fingerprint density at radius 2 is 1.65 bits per heavy atom. The monoisotopic (exact) mass is 1120 g/mol. The number of aryl methyl sites for hydroxylation is 1. The molecule has 5 aliphatic heterocycles. The quantitative estimate of drug-likeness (QED) is 0.0925. The number of anilines is 2. The van der Waals surface area contributed by atoms with Gasteiger partial charge in [0.25, 0.3) is 0 Å². The third-order valence-corrected chi connectivity index (χ3v) is 17.5. The van der Waals surface area contributed by atoms with Gasteiger partial charge in [-0.25, -0.2) is 14.5 Å².